The van der Waals surface area contributed by atoms with Gasteiger partial charge in [-0.25, -0.2) is 13.2 Å². The Labute approximate surface area is 332 Å². The second-order valence-electron chi connectivity index (χ2n) is 20.0. The van der Waals surface area contributed by atoms with E-state index in [9.17, 15) is 18.0 Å². The molecule has 7 rings (SSSR count). The third kappa shape index (κ3) is 7.61. The number of hydrogen-bond acceptors (Lipinski definition) is 7. The van der Waals surface area contributed by atoms with Crippen LogP contribution in [0.5, 0.6) is 0 Å². The van der Waals surface area contributed by atoms with Crippen LogP contribution in [0.25, 0.3) is 5.57 Å². The molecular formula is C46H71N3O5S. The van der Waals surface area contributed by atoms with Crippen molar-refractivity contribution >= 4 is 27.3 Å². The molecule has 0 bridgehead atoms. The number of nitrogens with one attached hydrogen (secondary N) is 1. The van der Waals surface area contributed by atoms with E-state index in [1.165, 1.54) is 76.0 Å². The lowest BCUT2D eigenvalue weighted by Crippen LogP contribution is -2.62. The minimum Gasteiger partial charge on any atom is -0.465 e. The highest BCUT2D eigenvalue weighted by Gasteiger charge is 2.61. The van der Waals surface area contributed by atoms with E-state index in [1.54, 1.807) is 0 Å². The number of benzene rings is 1. The second kappa shape index (κ2) is 15.5. The van der Waals surface area contributed by atoms with Gasteiger partial charge < -0.3 is 19.9 Å². The molecule has 306 valence electrons. The Morgan fingerprint density at radius 2 is 1.67 bits per heavy atom. The summed E-state index contributed by atoms with van der Waals surface area (Å²) in [4.78, 5) is 30.0. The number of carbonyl (C=O) groups excluding carboxylic acids is 2. The molecule has 1 aromatic rings. The summed E-state index contributed by atoms with van der Waals surface area (Å²) < 4.78 is 29.3. The quantitative estimate of drug-likeness (QED) is 0.267. The van der Waals surface area contributed by atoms with Gasteiger partial charge in [-0.1, -0.05) is 59.2 Å². The largest absolute Gasteiger partial charge is 0.465 e. The summed E-state index contributed by atoms with van der Waals surface area (Å²) in [5.74, 6) is 3.35. The first kappa shape index (κ1) is 40.9. The SMILES string of the molecule is COC(=O)c1ccc(C2=CCC3(C)CCCC4C5C(C(C)N6CCCC6=O)CCC5(NCCN5CCS(=O)(=O)CC5)CCC4(C)C(C)CCC3C2(C)C)cc1. The summed E-state index contributed by atoms with van der Waals surface area (Å²) in [6.07, 6.45) is 16.2. The molecule has 1 amide bonds. The molecule has 9 atom stereocenters. The number of allylic oxidation sites excluding steroid dienone is 2. The highest BCUT2D eigenvalue weighted by Crippen LogP contribution is 2.65. The lowest BCUT2D eigenvalue weighted by atomic mass is 9.47. The van der Waals surface area contributed by atoms with Gasteiger partial charge in [0.05, 0.1) is 24.2 Å². The Balaban J connectivity index is 1.15. The highest BCUT2D eigenvalue weighted by atomic mass is 32.2. The van der Waals surface area contributed by atoms with Gasteiger partial charge in [0.25, 0.3) is 0 Å². The molecule has 0 radical (unpaired) electrons. The van der Waals surface area contributed by atoms with E-state index >= 15 is 0 Å². The van der Waals surface area contributed by atoms with Crippen LogP contribution in [0, 0.1) is 45.8 Å². The van der Waals surface area contributed by atoms with E-state index in [2.05, 4.69) is 74.9 Å². The molecule has 0 spiro atoms. The lowest BCUT2D eigenvalue weighted by Gasteiger charge is -2.59. The first-order valence-corrected chi connectivity index (χ1v) is 23.7. The molecule has 9 heteroatoms. The summed E-state index contributed by atoms with van der Waals surface area (Å²) in [6, 6.07) is 8.32. The van der Waals surface area contributed by atoms with Crippen LogP contribution in [-0.4, -0.2) is 93.0 Å². The molecule has 6 aliphatic rings. The van der Waals surface area contributed by atoms with Gasteiger partial charge in [-0.05, 0) is 140 Å². The zero-order valence-corrected chi connectivity index (χ0v) is 35.9. The summed E-state index contributed by atoms with van der Waals surface area (Å²) in [5, 5.41) is 4.25. The van der Waals surface area contributed by atoms with Crippen LogP contribution < -0.4 is 5.32 Å². The van der Waals surface area contributed by atoms with E-state index in [1.807, 2.05) is 12.1 Å². The van der Waals surface area contributed by atoms with Crippen molar-refractivity contribution in [2.75, 3.05) is 51.3 Å². The molecule has 2 heterocycles. The summed E-state index contributed by atoms with van der Waals surface area (Å²) >= 11 is 0. The zero-order valence-electron chi connectivity index (χ0n) is 35.1. The van der Waals surface area contributed by atoms with Crippen molar-refractivity contribution in [3.63, 3.8) is 0 Å². The monoisotopic (exact) mass is 778 g/mol. The van der Waals surface area contributed by atoms with Crippen LogP contribution >= 0.6 is 0 Å². The van der Waals surface area contributed by atoms with Gasteiger partial charge in [0.1, 0.15) is 0 Å². The number of sulfone groups is 1. The predicted molar refractivity (Wildman–Crippen MR) is 221 cm³/mol. The number of rotatable bonds is 8. The predicted octanol–water partition coefficient (Wildman–Crippen LogP) is 8.02. The minimum atomic E-state index is -2.89. The number of hydrogen-bond donors (Lipinski definition) is 1. The van der Waals surface area contributed by atoms with E-state index < -0.39 is 9.84 Å². The number of nitrogens with zero attached hydrogens (tertiary/aromatic N) is 2. The smallest absolute Gasteiger partial charge is 0.337 e. The molecular weight excluding hydrogens is 707 g/mol. The van der Waals surface area contributed by atoms with Crippen molar-refractivity contribution in [2.45, 2.75) is 130 Å². The molecule has 8 nitrogen and oxygen atoms in total. The van der Waals surface area contributed by atoms with Crippen molar-refractivity contribution in [1.82, 2.24) is 15.1 Å². The number of ether oxygens (including phenoxy) is 1. The molecule has 4 aliphatic carbocycles. The Morgan fingerprint density at radius 1 is 0.945 bits per heavy atom. The van der Waals surface area contributed by atoms with Gasteiger partial charge in [-0.15, -0.1) is 0 Å². The Kier molecular flexibility index (Phi) is 11.5. The van der Waals surface area contributed by atoms with Crippen LogP contribution in [0.4, 0.5) is 0 Å². The molecule has 1 N–H and O–H groups in total. The standard InChI is InChI=1S/C46H71N3O5S/c1-32-12-17-39-43(3,4)37(34-13-15-35(16-14-34)42(51)54-7)19-21-44(39,5)20-8-10-38-41-36(33(2)49-26-9-11-40(49)50)18-22-46(41,24-23-45(32,38)6)47-25-27-48-28-30-55(52,53)31-29-48/h13-16,19,32-33,36,38-39,41,47H,8-12,17-18,20-31H2,1-7H3. The molecule has 1 aromatic carbocycles. The van der Waals surface area contributed by atoms with Crippen molar-refractivity contribution in [3.05, 3.63) is 41.5 Å². The first-order chi connectivity index (χ1) is 26.0. The Morgan fingerprint density at radius 3 is 2.35 bits per heavy atom. The van der Waals surface area contributed by atoms with E-state index in [0.717, 1.165) is 32.5 Å². The molecule has 9 unspecified atom stereocenters. The van der Waals surface area contributed by atoms with E-state index in [4.69, 9.17) is 4.74 Å². The van der Waals surface area contributed by atoms with Crippen LogP contribution in [0.3, 0.4) is 0 Å². The van der Waals surface area contributed by atoms with Crippen molar-refractivity contribution in [2.24, 2.45) is 45.8 Å². The maximum atomic E-state index is 13.2. The third-order valence-corrected chi connectivity index (χ3v) is 18.7. The number of fused-ring (bicyclic) bond motifs is 4. The molecule has 55 heavy (non-hydrogen) atoms. The fraction of sp³-hybridized carbons (Fsp3) is 0.783. The Hall–Kier alpha value is -2.23. The second-order valence-corrected chi connectivity index (χ2v) is 22.3. The maximum Gasteiger partial charge on any atom is 0.337 e. The molecule has 5 fully saturated rings. The number of amides is 1. The van der Waals surface area contributed by atoms with Gasteiger partial charge in [0.2, 0.25) is 5.91 Å². The summed E-state index contributed by atoms with van der Waals surface area (Å²) in [6.45, 7) is 19.1. The van der Waals surface area contributed by atoms with E-state index in [0.29, 0.717) is 60.6 Å². The number of esters is 1. The molecule has 2 saturated heterocycles. The van der Waals surface area contributed by atoms with Crippen molar-refractivity contribution in [3.8, 4) is 0 Å². The van der Waals surface area contributed by atoms with E-state index in [-0.39, 0.29) is 45.3 Å². The van der Waals surface area contributed by atoms with Crippen molar-refractivity contribution in [1.29, 1.82) is 0 Å². The summed E-state index contributed by atoms with van der Waals surface area (Å²) in [7, 11) is -1.46. The lowest BCUT2D eigenvalue weighted by molar-refractivity contribution is -0.132. The normalized spacial score (nSPS) is 38.3. The van der Waals surface area contributed by atoms with Crippen LogP contribution in [-0.2, 0) is 19.4 Å². The molecule has 2 aliphatic heterocycles. The maximum absolute atomic E-state index is 13.2. The van der Waals surface area contributed by atoms with Crippen molar-refractivity contribution < 1.29 is 22.7 Å². The number of methoxy groups -OCH3 is 1. The zero-order chi connectivity index (χ0) is 39.4. The number of likely N-dealkylation sites (tertiary alicyclic amines) is 1. The van der Waals surface area contributed by atoms with Gasteiger partial charge in [0.15, 0.2) is 9.84 Å². The topological polar surface area (TPSA) is 96.0 Å². The highest BCUT2D eigenvalue weighted by molar-refractivity contribution is 7.91. The minimum absolute atomic E-state index is 0.00255. The van der Waals surface area contributed by atoms with Gasteiger partial charge in [-0.2, -0.15) is 0 Å². The number of carbonyl (C=O) groups is 2. The van der Waals surface area contributed by atoms with Gasteiger partial charge >= 0.3 is 5.97 Å². The van der Waals surface area contributed by atoms with Crippen LogP contribution in [0.15, 0.2) is 30.3 Å². The summed E-state index contributed by atoms with van der Waals surface area (Å²) in [5.41, 5.74) is 3.73. The fourth-order valence-corrected chi connectivity index (χ4v) is 14.9. The van der Waals surface area contributed by atoms with Gasteiger partial charge in [0, 0.05) is 50.7 Å². The van der Waals surface area contributed by atoms with Crippen LogP contribution in [0.2, 0.25) is 0 Å². The first-order valence-electron chi connectivity index (χ1n) is 21.9. The fourth-order valence-electron chi connectivity index (χ4n) is 13.6. The molecule has 0 aromatic heterocycles. The third-order valence-electron chi connectivity index (χ3n) is 17.1. The van der Waals surface area contributed by atoms with Gasteiger partial charge in [-0.3, -0.25) is 4.79 Å². The average molecular weight is 778 g/mol. The van der Waals surface area contributed by atoms with Crippen LogP contribution in [0.1, 0.15) is 135 Å². The average Bonchev–Trinajstić information content (AvgIpc) is 3.76. The molecule has 3 saturated carbocycles. The Bertz CT molecular complexity index is 1710.